The molecule has 0 atom stereocenters. The highest BCUT2D eigenvalue weighted by Gasteiger charge is 2.27. The maximum Gasteiger partial charge on any atom is 0.343 e. The van der Waals surface area contributed by atoms with Crippen molar-refractivity contribution < 1.29 is 19.1 Å². The quantitative estimate of drug-likeness (QED) is 0.234. The van der Waals surface area contributed by atoms with Crippen LogP contribution >= 0.6 is 0 Å². The van der Waals surface area contributed by atoms with E-state index in [-0.39, 0.29) is 0 Å². The van der Waals surface area contributed by atoms with Crippen molar-refractivity contribution in [3.05, 3.63) is 130 Å². The van der Waals surface area contributed by atoms with Crippen LogP contribution in [0, 0.1) is 0 Å². The largest absolute Gasteiger partial charge is 0.422 e. The van der Waals surface area contributed by atoms with Crippen LogP contribution < -0.4 is 9.47 Å². The van der Waals surface area contributed by atoms with Crippen LogP contribution in [0.2, 0.25) is 0 Å². The molecule has 6 rings (SSSR count). The molecule has 174 valence electrons. The molecule has 36 heavy (non-hydrogen) atoms. The second-order valence-electron chi connectivity index (χ2n) is 8.75. The average Bonchev–Trinajstić information content (AvgIpc) is 3.60. The Bertz CT molecular complexity index is 1430. The smallest absolute Gasteiger partial charge is 0.343 e. The van der Waals surface area contributed by atoms with Crippen LogP contribution in [0.15, 0.2) is 97.1 Å². The molecule has 0 heterocycles. The summed E-state index contributed by atoms with van der Waals surface area (Å²) in [5.41, 5.74) is 6.64. The van der Waals surface area contributed by atoms with Gasteiger partial charge in [0.2, 0.25) is 0 Å². The number of hydrogen-bond donors (Lipinski definition) is 0. The normalized spacial score (nSPS) is 12.8. The highest BCUT2D eigenvalue weighted by Crippen LogP contribution is 2.47. The first-order chi connectivity index (χ1) is 17.7. The van der Waals surface area contributed by atoms with Crippen molar-refractivity contribution in [3.8, 4) is 22.6 Å². The van der Waals surface area contributed by atoms with Gasteiger partial charge in [0.25, 0.3) is 0 Å². The molecular formula is C32H22O4. The van der Waals surface area contributed by atoms with E-state index in [4.69, 9.17) is 9.47 Å². The van der Waals surface area contributed by atoms with Gasteiger partial charge in [-0.15, -0.1) is 0 Å². The standard InChI is InChI=1S/C32H22O4/c33-31(23-9-3-1-4-10-23)35-27-19-17-21-13-7-15-25(21)29(27)30-26-16-8-14-22(26)18-20-28(30)36-32(34)24-11-5-2-6-12-24/h1-12,15-20H,13-14H2. The maximum atomic E-state index is 13.0. The zero-order chi connectivity index (χ0) is 24.5. The van der Waals surface area contributed by atoms with Crippen LogP contribution in [0.25, 0.3) is 23.3 Å². The van der Waals surface area contributed by atoms with E-state index in [0.29, 0.717) is 22.6 Å². The van der Waals surface area contributed by atoms with Crippen LogP contribution in [-0.4, -0.2) is 11.9 Å². The molecule has 4 aromatic rings. The van der Waals surface area contributed by atoms with E-state index in [0.717, 1.165) is 46.2 Å². The first-order valence-corrected chi connectivity index (χ1v) is 11.9. The summed E-state index contributed by atoms with van der Waals surface area (Å²) in [5.74, 6) is -0.0193. The number of carbonyl (C=O) groups is 2. The van der Waals surface area contributed by atoms with Gasteiger partial charge in [0.1, 0.15) is 11.5 Å². The fraction of sp³-hybridized carbons (Fsp3) is 0.0625. The summed E-state index contributed by atoms with van der Waals surface area (Å²) in [5, 5.41) is 0. The Labute approximate surface area is 209 Å². The van der Waals surface area contributed by atoms with Gasteiger partial charge < -0.3 is 9.47 Å². The number of carbonyl (C=O) groups excluding carboxylic acids is 2. The number of esters is 2. The Morgan fingerprint density at radius 2 is 0.944 bits per heavy atom. The van der Waals surface area contributed by atoms with Gasteiger partial charge in [-0.2, -0.15) is 0 Å². The number of fused-ring (bicyclic) bond motifs is 2. The molecular weight excluding hydrogens is 448 g/mol. The number of allylic oxidation sites excluding steroid dienone is 2. The zero-order valence-corrected chi connectivity index (χ0v) is 19.4. The summed E-state index contributed by atoms with van der Waals surface area (Å²) in [6, 6.07) is 25.5. The van der Waals surface area contributed by atoms with Crippen LogP contribution in [0.1, 0.15) is 43.0 Å². The van der Waals surface area contributed by atoms with E-state index in [2.05, 4.69) is 12.2 Å². The van der Waals surface area contributed by atoms with Gasteiger partial charge in [0.05, 0.1) is 11.1 Å². The summed E-state index contributed by atoms with van der Waals surface area (Å²) in [4.78, 5) is 26.1. The third-order valence-electron chi connectivity index (χ3n) is 6.51. The predicted molar refractivity (Wildman–Crippen MR) is 140 cm³/mol. The van der Waals surface area contributed by atoms with Gasteiger partial charge in [-0.25, -0.2) is 9.59 Å². The van der Waals surface area contributed by atoms with Crippen LogP contribution in [0.4, 0.5) is 0 Å². The molecule has 4 heteroatoms. The van der Waals surface area contributed by atoms with Crippen LogP contribution in [0.3, 0.4) is 0 Å². The Morgan fingerprint density at radius 1 is 0.528 bits per heavy atom. The van der Waals surface area contributed by atoms with Gasteiger partial charge in [0.15, 0.2) is 0 Å². The molecule has 0 saturated carbocycles. The lowest BCUT2D eigenvalue weighted by atomic mass is 9.90. The van der Waals surface area contributed by atoms with Gasteiger partial charge in [0, 0.05) is 11.1 Å². The van der Waals surface area contributed by atoms with E-state index in [1.54, 1.807) is 48.5 Å². The summed E-state index contributed by atoms with van der Waals surface area (Å²) in [6.45, 7) is 0. The molecule has 0 saturated heterocycles. The lowest BCUT2D eigenvalue weighted by Crippen LogP contribution is -2.12. The van der Waals surface area contributed by atoms with Gasteiger partial charge in [-0.3, -0.25) is 0 Å². The minimum Gasteiger partial charge on any atom is -0.422 e. The molecule has 4 aromatic carbocycles. The molecule has 0 aliphatic heterocycles. The van der Waals surface area contributed by atoms with Crippen molar-refractivity contribution in [3.63, 3.8) is 0 Å². The average molecular weight is 471 g/mol. The Morgan fingerprint density at radius 3 is 1.36 bits per heavy atom. The van der Waals surface area contributed by atoms with Gasteiger partial charge >= 0.3 is 11.9 Å². The third kappa shape index (κ3) is 3.93. The van der Waals surface area contributed by atoms with Crippen molar-refractivity contribution in [2.75, 3.05) is 0 Å². The molecule has 0 fully saturated rings. The predicted octanol–water partition coefficient (Wildman–Crippen LogP) is 6.93. The van der Waals surface area contributed by atoms with E-state index in [1.807, 2.05) is 48.6 Å². The number of hydrogen-bond acceptors (Lipinski definition) is 4. The van der Waals surface area contributed by atoms with Crippen molar-refractivity contribution in [1.82, 2.24) is 0 Å². The van der Waals surface area contributed by atoms with Crippen LogP contribution in [0.5, 0.6) is 11.5 Å². The molecule has 0 unspecified atom stereocenters. The molecule has 2 aliphatic carbocycles. The van der Waals surface area contributed by atoms with E-state index in [1.165, 1.54) is 0 Å². The second kappa shape index (κ2) is 9.16. The lowest BCUT2D eigenvalue weighted by Gasteiger charge is -2.20. The van der Waals surface area contributed by atoms with Crippen molar-refractivity contribution in [1.29, 1.82) is 0 Å². The summed E-state index contributed by atoms with van der Waals surface area (Å²) in [7, 11) is 0. The van der Waals surface area contributed by atoms with E-state index < -0.39 is 11.9 Å². The lowest BCUT2D eigenvalue weighted by molar-refractivity contribution is 0.0723. The fourth-order valence-corrected chi connectivity index (χ4v) is 4.78. The van der Waals surface area contributed by atoms with Crippen LogP contribution in [-0.2, 0) is 12.8 Å². The number of ether oxygens (including phenoxy) is 2. The number of benzene rings is 4. The van der Waals surface area contributed by atoms with Crippen molar-refractivity contribution >= 4 is 24.1 Å². The second-order valence-corrected chi connectivity index (χ2v) is 8.75. The molecule has 0 aromatic heterocycles. The summed E-state index contributed by atoms with van der Waals surface area (Å²) in [6.07, 6.45) is 9.85. The first-order valence-electron chi connectivity index (χ1n) is 11.9. The maximum absolute atomic E-state index is 13.0. The Kier molecular flexibility index (Phi) is 5.55. The molecule has 0 spiro atoms. The van der Waals surface area contributed by atoms with Crippen molar-refractivity contribution in [2.24, 2.45) is 0 Å². The molecule has 0 amide bonds. The molecule has 0 radical (unpaired) electrons. The van der Waals surface area contributed by atoms with Gasteiger partial charge in [-0.05, 0) is 71.5 Å². The molecule has 4 nitrogen and oxygen atoms in total. The summed E-state index contributed by atoms with van der Waals surface area (Å²) < 4.78 is 12.0. The third-order valence-corrected chi connectivity index (χ3v) is 6.51. The van der Waals surface area contributed by atoms with E-state index >= 15 is 0 Å². The first kappa shape index (κ1) is 21.8. The fourth-order valence-electron chi connectivity index (χ4n) is 4.78. The summed E-state index contributed by atoms with van der Waals surface area (Å²) >= 11 is 0. The SMILES string of the molecule is O=C(Oc1ccc2c(c1-c1c(OC(=O)c3ccccc3)ccc3c1C=CC3)C=CC2)c1ccccc1. The topological polar surface area (TPSA) is 52.6 Å². The molecule has 0 bridgehead atoms. The Balaban J connectivity index is 1.51. The highest BCUT2D eigenvalue weighted by atomic mass is 16.5. The number of rotatable bonds is 5. The minimum absolute atomic E-state index is 0.430. The minimum atomic E-state index is -0.440. The van der Waals surface area contributed by atoms with Crippen molar-refractivity contribution in [2.45, 2.75) is 12.8 Å². The molecule has 2 aliphatic rings. The van der Waals surface area contributed by atoms with Gasteiger partial charge in [-0.1, -0.05) is 72.8 Å². The van der Waals surface area contributed by atoms with E-state index in [9.17, 15) is 9.59 Å². The monoisotopic (exact) mass is 470 g/mol. The zero-order valence-electron chi connectivity index (χ0n) is 19.4. The Hall–Kier alpha value is -4.70. The molecule has 0 N–H and O–H groups in total. The highest BCUT2D eigenvalue weighted by molar-refractivity contribution is 5.98.